The maximum Gasteiger partial charge on any atom is 0.115 e. The molecule has 76 valence electrons. The van der Waals surface area contributed by atoms with Crippen molar-refractivity contribution in [3.63, 3.8) is 0 Å². The molecule has 3 N–H and O–H groups in total. The molecule has 2 aromatic carbocycles. The van der Waals surface area contributed by atoms with Crippen LogP contribution in [0.3, 0.4) is 0 Å². The molecule has 2 rings (SSSR count). The number of nitrogens with two attached hydrogens (primary N) is 1. The quantitative estimate of drug-likeness (QED) is 0.760. The van der Waals surface area contributed by atoms with E-state index in [1.54, 1.807) is 23.9 Å². The van der Waals surface area contributed by atoms with Gasteiger partial charge in [-0.2, -0.15) is 0 Å². The Morgan fingerprint density at radius 1 is 0.800 bits per heavy atom. The molecule has 0 fully saturated rings. The molecule has 0 aliphatic carbocycles. The van der Waals surface area contributed by atoms with E-state index in [1.807, 2.05) is 36.4 Å². The standard InChI is InChI=1S/C12H11NOS/c13-9-1-5-11(6-2-9)15-12-7-3-10(14)4-8-12/h1-8,14H,13H2. The molecule has 15 heavy (non-hydrogen) atoms. The van der Waals surface area contributed by atoms with Crippen LogP contribution in [0.4, 0.5) is 5.69 Å². The van der Waals surface area contributed by atoms with Gasteiger partial charge in [-0.1, -0.05) is 11.8 Å². The number of rotatable bonds is 2. The number of nitrogen functional groups attached to an aromatic ring is 1. The van der Waals surface area contributed by atoms with Crippen LogP contribution in [0.2, 0.25) is 0 Å². The fraction of sp³-hybridized carbons (Fsp3) is 0. The van der Waals surface area contributed by atoms with Crippen LogP contribution in [-0.2, 0) is 0 Å². The first-order chi connectivity index (χ1) is 7.24. The molecule has 0 amide bonds. The summed E-state index contributed by atoms with van der Waals surface area (Å²) in [6, 6.07) is 14.8. The monoisotopic (exact) mass is 217 g/mol. The zero-order chi connectivity index (χ0) is 10.7. The van der Waals surface area contributed by atoms with Gasteiger partial charge in [-0.05, 0) is 48.5 Å². The third-order valence-electron chi connectivity index (χ3n) is 1.95. The summed E-state index contributed by atoms with van der Waals surface area (Å²) in [4.78, 5) is 2.23. The molecule has 2 nitrogen and oxygen atoms in total. The fourth-order valence-corrected chi connectivity index (χ4v) is 2.00. The molecule has 0 aromatic heterocycles. The van der Waals surface area contributed by atoms with Gasteiger partial charge in [-0.25, -0.2) is 0 Å². The lowest BCUT2D eigenvalue weighted by atomic mass is 10.3. The minimum atomic E-state index is 0.289. The molecule has 0 saturated heterocycles. The minimum Gasteiger partial charge on any atom is -0.508 e. The van der Waals surface area contributed by atoms with Gasteiger partial charge < -0.3 is 10.8 Å². The topological polar surface area (TPSA) is 46.2 Å². The second-order valence-electron chi connectivity index (χ2n) is 3.16. The highest BCUT2D eigenvalue weighted by molar-refractivity contribution is 7.99. The Balaban J connectivity index is 2.15. The van der Waals surface area contributed by atoms with Crippen molar-refractivity contribution in [3.05, 3.63) is 48.5 Å². The second kappa shape index (κ2) is 4.28. The van der Waals surface area contributed by atoms with E-state index in [2.05, 4.69) is 0 Å². The van der Waals surface area contributed by atoms with E-state index in [9.17, 15) is 0 Å². The average Bonchev–Trinajstić information content (AvgIpc) is 2.25. The van der Waals surface area contributed by atoms with Crippen LogP contribution in [0.15, 0.2) is 58.3 Å². The highest BCUT2D eigenvalue weighted by atomic mass is 32.2. The normalized spacial score (nSPS) is 10.1. The van der Waals surface area contributed by atoms with Crippen molar-refractivity contribution in [2.75, 3.05) is 5.73 Å². The number of phenolic OH excluding ortho intramolecular Hbond substituents is 1. The molecular formula is C12H11NOS. The van der Waals surface area contributed by atoms with Crippen molar-refractivity contribution in [2.24, 2.45) is 0 Å². The number of benzene rings is 2. The summed E-state index contributed by atoms with van der Waals surface area (Å²) >= 11 is 1.64. The summed E-state index contributed by atoms with van der Waals surface area (Å²) in [5, 5.41) is 9.13. The van der Waals surface area contributed by atoms with Gasteiger partial charge in [0.15, 0.2) is 0 Å². The minimum absolute atomic E-state index is 0.289. The SMILES string of the molecule is Nc1ccc(Sc2ccc(O)cc2)cc1. The number of phenols is 1. The summed E-state index contributed by atoms with van der Waals surface area (Å²) in [5.74, 6) is 0.289. The molecule has 0 spiro atoms. The molecule has 0 aliphatic rings. The van der Waals surface area contributed by atoms with Crippen LogP contribution in [0, 0.1) is 0 Å². The first-order valence-corrected chi connectivity index (χ1v) is 5.38. The smallest absolute Gasteiger partial charge is 0.115 e. The number of aromatic hydroxyl groups is 1. The van der Waals surface area contributed by atoms with Gasteiger partial charge in [-0.3, -0.25) is 0 Å². The predicted octanol–water partition coefficient (Wildman–Crippen LogP) is 3.13. The Morgan fingerprint density at radius 3 is 1.80 bits per heavy atom. The summed E-state index contributed by atoms with van der Waals surface area (Å²) in [7, 11) is 0. The Labute approximate surface area is 92.7 Å². The first kappa shape index (κ1) is 9.93. The van der Waals surface area contributed by atoms with Crippen molar-refractivity contribution in [1.29, 1.82) is 0 Å². The van der Waals surface area contributed by atoms with Crippen molar-refractivity contribution in [3.8, 4) is 5.75 Å². The van der Waals surface area contributed by atoms with Gasteiger partial charge in [0.2, 0.25) is 0 Å². The molecule has 0 aliphatic heterocycles. The highest BCUT2D eigenvalue weighted by Gasteiger charge is 1.97. The molecule has 2 aromatic rings. The summed E-state index contributed by atoms with van der Waals surface area (Å²) < 4.78 is 0. The lowest BCUT2D eigenvalue weighted by Gasteiger charge is -2.02. The molecule has 0 atom stereocenters. The fourth-order valence-electron chi connectivity index (χ4n) is 1.19. The van der Waals surface area contributed by atoms with Crippen LogP contribution in [0.5, 0.6) is 5.75 Å². The van der Waals surface area contributed by atoms with Crippen LogP contribution in [0.25, 0.3) is 0 Å². The summed E-state index contributed by atoms with van der Waals surface area (Å²) in [6.45, 7) is 0. The zero-order valence-electron chi connectivity index (χ0n) is 8.05. The average molecular weight is 217 g/mol. The number of hydrogen-bond donors (Lipinski definition) is 2. The van der Waals surface area contributed by atoms with E-state index in [1.165, 1.54) is 0 Å². The van der Waals surface area contributed by atoms with Gasteiger partial charge in [0.1, 0.15) is 5.75 Å². The van der Waals surface area contributed by atoms with E-state index in [0.29, 0.717) is 0 Å². The van der Waals surface area contributed by atoms with Crippen molar-refractivity contribution < 1.29 is 5.11 Å². The van der Waals surface area contributed by atoms with Gasteiger partial charge in [0.25, 0.3) is 0 Å². The second-order valence-corrected chi connectivity index (χ2v) is 4.31. The number of anilines is 1. The maximum atomic E-state index is 9.13. The van der Waals surface area contributed by atoms with Crippen LogP contribution < -0.4 is 5.73 Å². The third-order valence-corrected chi connectivity index (χ3v) is 2.97. The van der Waals surface area contributed by atoms with Crippen molar-refractivity contribution >= 4 is 17.4 Å². The molecule has 0 saturated carbocycles. The summed E-state index contributed by atoms with van der Waals surface area (Å²) in [5.41, 5.74) is 6.37. The van der Waals surface area contributed by atoms with Crippen LogP contribution in [-0.4, -0.2) is 5.11 Å². The first-order valence-electron chi connectivity index (χ1n) is 4.56. The molecule has 0 heterocycles. The van der Waals surface area contributed by atoms with E-state index < -0.39 is 0 Å². The maximum absolute atomic E-state index is 9.13. The Kier molecular flexibility index (Phi) is 2.83. The molecule has 0 bridgehead atoms. The van der Waals surface area contributed by atoms with E-state index in [0.717, 1.165) is 15.5 Å². The molecule has 0 unspecified atom stereocenters. The largest absolute Gasteiger partial charge is 0.508 e. The zero-order valence-corrected chi connectivity index (χ0v) is 8.87. The van der Waals surface area contributed by atoms with E-state index in [-0.39, 0.29) is 5.75 Å². The van der Waals surface area contributed by atoms with E-state index in [4.69, 9.17) is 10.8 Å². The third kappa shape index (κ3) is 2.67. The summed E-state index contributed by atoms with van der Waals surface area (Å²) in [6.07, 6.45) is 0. The van der Waals surface area contributed by atoms with Gasteiger partial charge in [0.05, 0.1) is 0 Å². The highest BCUT2D eigenvalue weighted by Crippen LogP contribution is 2.28. The molecule has 3 heteroatoms. The molecule has 0 radical (unpaired) electrons. The van der Waals surface area contributed by atoms with Gasteiger partial charge >= 0.3 is 0 Å². The van der Waals surface area contributed by atoms with Crippen molar-refractivity contribution in [2.45, 2.75) is 9.79 Å². The lowest BCUT2D eigenvalue weighted by Crippen LogP contribution is -1.82. The predicted molar refractivity (Wildman–Crippen MR) is 63.1 cm³/mol. The number of hydrogen-bond acceptors (Lipinski definition) is 3. The van der Waals surface area contributed by atoms with Crippen LogP contribution >= 0.6 is 11.8 Å². The Morgan fingerprint density at radius 2 is 1.27 bits per heavy atom. The molecular weight excluding hydrogens is 206 g/mol. The van der Waals surface area contributed by atoms with Crippen molar-refractivity contribution in [1.82, 2.24) is 0 Å². The van der Waals surface area contributed by atoms with Gasteiger partial charge in [0, 0.05) is 15.5 Å². The Bertz CT molecular complexity index is 393. The van der Waals surface area contributed by atoms with Gasteiger partial charge in [-0.15, -0.1) is 0 Å². The Hall–Kier alpha value is -1.61. The van der Waals surface area contributed by atoms with Crippen LogP contribution in [0.1, 0.15) is 0 Å². The lowest BCUT2D eigenvalue weighted by molar-refractivity contribution is 0.475. The van der Waals surface area contributed by atoms with E-state index >= 15 is 0 Å².